The molecule has 1 atom stereocenters. The number of nitrogens with zero attached hydrogens (tertiary/aromatic N) is 1. The summed E-state index contributed by atoms with van der Waals surface area (Å²) in [7, 11) is 0. The minimum atomic E-state index is -0.133. The number of anilines is 1. The van der Waals surface area contributed by atoms with Gasteiger partial charge in [0.05, 0.1) is 0 Å². The van der Waals surface area contributed by atoms with Crippen molar-refractivity contribution in [3.05, 3.63) is 83.4 Å². The number of aromatic hydroxyl groups is 1. The molecule has 3 aromatic carbocycles. The quantitative estimate of drug-likeness (QED) is 0.371. The molecular weight excluding hydrogens is 426 g/mol. The minimum absolute atomic E-state index is 0.133. The minimum Gasteiger partial charge on any atom is -0.507 e. The van der Waals surface area contributed by atoms with Crippen molar-refractivity contribution in [1.29, 1.82) is 0 Å². The Balaban J connectivity index is 2.04. The molecule has 1 unspecified atom stereocenters. The fraction of sp³-hybridized carbons (Fsp3) is 0.455. The zero-order valence-corrected chi connectivity index (χ0v) is 23.3. The lowest BCUT2D eigenvalue weighted by Crippen LogP contribution is -2.34. The molecule has 0 aromatic heterocycles. The molecular formula is C33H45NO. The van der Waals surface area contributed by atoms with Crippen LogP contribution in [0.2, 0.25) is 0 Å². The van der Waals surface area contributed by atoms with E-state index in [1.165, 1.54) is 22.4 Å². The molecule has 0 aliphatic heterocycles. The van der Waals surface area contributed by atoms with Crippen LogP contribution >= 0.6 is 0 Å². The van der Waals surface area contributed by atoms with E-state index in [0.717, 1.165) is 24.1 Å². The Bertz CT molecular complexity index is 1060. The van der Waals surface area contributed by atoms with Crippen LogP contribution in [0.3, 0.4) is 0 Å². The largest absolute Gasteiger partial charge is 0.507 e. The molecule has 3 aromatic rings. The van der Waals surface area contributed by atoms with Gasteiger partial charge >= 0.3 is 0 Å². The summed E-state index contributed by atoms with van der Waals surface area (Å²) in [5.74, 6) is 1.06. The highest BCUT2D eigenvalue weighted by atomic mass is 16.3. The second-order valence-corrected chi connectivity index (χ2v) is 12.6. The van der Waals surface area contributed by atoms with Crippen LogP contribution in [-0.4, -0.2) is 11.1 Å². The third-order valence-corrected chi connectivity index (χ3v) is 6.79. The van der Waals surface area contributed by atoms with Crippen LogP contribution in [-0.2, 0) is 17.4 Å². The number of benzene rings is 3. The van der Waals surface area contributed by atoms with Gasteiger partial charge in [-0.25, -0.2) is 0 Å². The first-order chi connectivity index (χ1) is 16.3. The van der Waals surface area contributed by atoms with Crippen LogP contribution in [0.15, 0.2) is 66.7 Å². The maximum atomic E-state index is 11.2. The van der Waals surface area contributed by atoms with Crippen molar-refractivity contribution in [1.82, 2.24) is 0 Å². The van der Waals surface area contributed by atoms with Crippen molar-refractivity contribution in [2.75, 3.05) is 4.90 Å². The Morgan fingerprint density at radius 3 is 1.66 bits per heavy atom. The molecule has 1 N–H and O–H groups in total. The molecule has 0 amide bonds. The number of phenols is 1. The molecule has 3 rings (SSSR count). The van der Waals surface area contributed by atoms with Gasteiger partial charge in [0.2, 0.25) is 0 Å². The van der Waals surface area contributed by atoms with Crippen molar-refractivity contribution < 1.29 is 5.11 Å². The molecule has 0 saturated heterocycles. The summed E-state index contributed by atoms with van der Waals surface area (Å²) in [5.41, 5.74) is 6.74. The van der Waals surface area contributed by atoms with Crippen LogP contribution in [0.1, 0.15) is 85.4 Å². The van der Waals surface area contributed by atoms with Gasteiger partial charge in [-0.1, -0.05) is 97.9 Å². The van der Waals surface area contributed by atoms with E-state index in [2.05, 4.69) is 134 Å². The number of phenolic OH excluding ortho intramolecular Hbond substituents is 1. The van der Waals surface area contributed by atoms with Crippen molar-refractivity contribution >= 4 is 5.69 Å². The maximum absolute atomic E-state index is 11.2. The average molecular weight is 472 g/mol. The summed E-state index contributed by atoms with van der Waals surface area (Å²) < 4.78 is 0. The molecule has 0 aliphatic carbocycles. The summed E-state index contributed by atoms with van der Waals surface area (Å²) in [6, 6.07) is 24.4. The van der Waals surface area contributed by atoms with E-state index < -0.39 is 0 Å². The molecule has 0 spiro atoms. The zero-order chi connectivity index (χ0) is 26.0. The lowest BCUT2D eigenvalue weighted by atomic mass is 9.78. The van der Waals surface area contributed by atoms with Crippen LogP contribution in [0.25, 0.3) is 11.1 Å². The second kappa shape index (κ2) is 10.5. The Kier molecular flexibility index (Phi) is 8.04. The molecule has 2 heteroatoms. The normalized spacial score (nSPS) is 13.2. The summed E-state index contributed by atoms with van der Waals surface area (Å²) in [5, 5.41) is 11.2. The standard InChI is InChI=1S/C33H45NO/c1-23(2)19-24(3)34(28-17-15-27(16-18-28)26-13-11-10-12-14-26)22-25-20-29(32(4,5)6)31(35)30(21-25)33(7,8)9/h10-18,20-21,23-24,35H,19,22H2,1-9H3. The molecule has 0 heterocycles. The van der Waals surface area contributed by atoms with Gasteiger partial charge in [0.25, 0.3) is 0 Å². The van der Waals surface area contributed by atoms with Crippen molar-refractivity contribution in [3.63, 3.8) is 0 Å². The van der Waals surface area contributed by atoms with E-state index in [0.29, 0.717) is 17.7 Å². The van der Waals surface area contributed by atoms with Gasteiger partial charge < -0.3 is 10.0 Å². The molecule has 0 aliphatic rings. The Labute approximate surface area is 214 Å². The van der Waals surface area contributed by atoms with Gasteiger partial charge in [-0.15, -0.1) is 0 Å². The van der Waals surface area contributed by atoms with E-state index >= 15 is 0 Å². The van der Waals surface area contributed by atoms with Crippen molar-refractivity contribution in [2.24, 2.45) is 5.92 Å². The molecule has 0 saturated carbocycles. The van der Waals surface area contributed by atoms with Gasteiger partial charge in [-0.05, 0) is 82.2 Å². The van der Waals surface area contributed by atoms with Gasteiger partial charge in [-0.3, -0.25) is 0 Å². The highest BCUT2D eigenvalue weighted by molar-refractivity contribution is 5.66. The van der Waals surface area contributed by atoms with E-state index in [4.69, 9.17) is 0 Å². The third kappa shape index (κ3) is 6.69. The fourth-order valence-corrected chi connectivity index (χ4v) is 4.91. The SMILES string of the molecule is CC(C)CC(C)N(Cc1cc(C(C)(C)C)c(O)c(C(C)(C)C)c1)c1ccc(-c2ccccc2)cc1. The summed E-state index contributed by atoms with van der Waals surface area (Å²) in [6.45, 7) is 20.8. The summed E-state index contributed by atoms with van der Waals surface area (Å²) in [6.07, 6.45) is 1.12. The van der Waals surface area contributed by atoms with Crippen LogP contribution in [0.5, 0.6) is 5.75 Å². The van der Waals surface area contributed by atoms with E-state index in [9.17, 15) is 5.11 Å². The molecule has 0 radical (unpaired) electrons. The van der Waals surface area contributed by atoms with Gasteiger partial charge in [0.15, 0.2) is 0 Å². The van der Waals surface area contributed by atoms with Crippen LogP contribution in [0, 0.1) is 5.92 Å². The highest BCUT2D eigenvalue weighted by Crippen LogP contribution is 2.40. The van der Waals surface area contributed by atoms with Gasteiger partial charge in [0.1, 0.15) is 5.75 Å². The number of hydrogen-bond acceptors (Lipinski definition) is 2. The predicted octanol–water partition coefficient (Wildman–Crippen LogP) is 9.10. The van der Waals surface area contributed by atoms with E-state index in [1.807, 2.05) is 0 Å². The first-order valence-corrected chi connectivity index (χ1v) is 13.1. The van der Waals surface area contributed by atoms with Crippen molar-refractivity contribution in [3.8, 4) is 16.9 Å². The molecule has 0 fully saturated rings. The second-order valence-electron chi connectivity index (χ2n) is 12.6. The van der Waals surface area contributed by atoms with Crippen LogP contribution < -0.4 is 4.90 Å². The fourth-order valence-electron chi connectivity index (χ4n) is 4.91. The Hall–Kier alpha value is -2.74. The molecule has 188 valence electrons. The zero-order valence-electron chi connectivity index (χ0n) is 23.3. The third-order valence-electron chi connectivity index (χ3n) is 6.79. The smallest absolute Gasteiger partial charge is 0.123 e. The summed E-state index contributed by atoms with van der Waals surface area (Å²) in [4.78, 5) is 2.53. The highest BCUT2D eigenvalue weighted by Gasteiger charge is 2.27. The number of hydrogen-bond donors (Lipinski definition) is 1. The topological polar surface area (TPSA) is 23.5 Å². The lowest BCUT2D eigenvalue weighted by Gasteiger charge is -2.34. The van der Waals surface area contributed by atoms with Gasteiger partial charge in [-0.2, -0.15) is 0 Å². The molecule has 35 heavy (non-hydrogen) atoms. The van der Waals surface area contributed by atoms with Crippen molar-refractivity contribution in [2.45, 2.75) is 92.2 Å². The van der Waals surface area contributed by atoms with E-state index in [1.54, 1.807) is 0 Å². The summed E-state index contributed by atoms with van der Waals surface area (Å²) >= 11 is 0. The average Bonchev–Trinajstić information content (AvgIpc) is 2.77. The monoisotopic (exact) mass is 471 g/mol. The first-order valence-electron chi connectivity index (χ1n) is 13.1. The Morgan fingerprint density at radius 1 is 0.714 bits per heavy atom. The van der Waals surface area contributed by atoms with E-state index in [-0.39, 0.29) is 10.8 Å². The number of rotatable bonds is 7. The Morgan fingerprint density at radius 2 is 1.20 bits per heavy atom. The molecule has 2 nitrogen and oxygen atoms in total. The van der Waals surface area contributed by atoms with Gasteiger partial charge in [0, 0.05) is 18.3 Å². The predicted molar refractivity (Wildman–Crippen MR) is 152 cm³/mol. The first kappa shape index (κ1) is 26.9. The maximum Gasteiger partial charge on any atom is 0.123 e. The van der Waals surface area contributed by atoms with Crippen LogP contribution in [0.4, 0.5) is 5.69 Å². The lowest BCUT2D eigenvalue weighted by molar-refractivity contribution is 0.422. The molecule has 0 bridgehead atoms.